The van der Waals surface area contributed by atoms with Gasteiger partial charge >= 0.3 is 5.97 Å². The number of rotatable bonds is 10. The number of carbonyl (C=O) groups is 2. The summed E-state index contributed by atoms with van der Waals surface area (Å²) in [6, 6.07) is 10.5. The average molecular weight is 403 g/mol. The number of carbonyl (C=O) groups excluding carboxylic acids is 2. The highest BCUT2D eigenvalue weighted by Crippen LogP contribution is 2.38. The summed E-state index contributed by atoms with van der Waals surface area (Å²) in [6.45, 7) is 0.0327. The zero-order valence-corrected chi connectivity index (χ0v) is 16.9. The van der Waals surface area contributed by atoms with Crippen LogP contribution in [0.25, 0.3) is 0 Å². The highest BCUT2D eigenvalue weighted by Gasteiger charge is 2.18. The van der Waals surface area contributed by atoms with Gasteiger partial charge in [0, 0.05) is 6.54 Å². The summed E-state index contributed by atoms with van der Waals surface area (Å²) < 4.78 is 25.8. The van der Waals surface area contributed by atoms with Crippen molar-refractivity contribution in [3.05, 3.63) is 47.5 Å². The van der Waals surface area contributed by atoms with Crippen LogP contribution in [-0.2, 0) is 16.0 Å². The summed E-state index contributed by atoms with van der Waals surface area (Å²) >= 11 is 0. The van der Waals surface area contributed by atoms with Crippen molar-refractivity contribution in [2.75, 3.05) is 41.6 Å². The second-order valence-electron chi connectivity index (χ2n) is 5.94. The Balaban J connectivity index is 1.85. The first-order valence-corrected chi connectivity index (χ1v) is 8.89. The molecule has 0 aromatic heterocycles. The Morgan fingerprint density at radius 3 is 2.00 bits per heavy atom. The number of esters is 1. The van der Waals surface area contributed by atoms with Gasteiger partial charge in [0.1, 0.15) is 5.75 Å². The minimum Gasteiger partial charge on any atom is -0.497 e. The third-order valence-corrected chi connectivity index (χ3v) is 4.13. The van der Waals surface area contributed by atoms with Crippen molar-refractivity contribution < 1.29 is 33.3 Å². The molecule has 0 fully saturated rings. The van der Waals surface area contributed by atoms with Crippen molar-refractivity contribution in [1.29, 1.82) is 0 Å². The maximum atomic E-state index is 12.3. The third kappa shape index (κ3) is 6.03. The van der Waals surface area contributed by atoms with Gasteiger partial charge in [0.2, 0.25) is 5.75 Å². The summed E-state index contributed by atoms with van der Waals surface area (Å²) in [5.41, 5.74) is 1.24. The highest BCUT2D eigenvalue weighted by molar-refractivity contribution is 5.92. The van der Waals surface area contributed by atoms with Gasteiger partial charge in [0.15, 0.2) is 18.1 Å². The molecule has 0 aliphatic rings. The molecular formula is C21H25NO7. The van der Waals surface area contributed by atoms with Crippen molar-refractivity contribution in [3.8, 4) is 23.0 Å². The molecule has 1 N–H and O–H groups in total. The zero-order valence-electron chi connectivity index (χ0n) is 16.9. The fraction of sp³-hybridized carbons (Fsp3) is 0.333. The summed E-state index contributed by atoms with van der Waals surface area (Å²) in [7, 11) is 5.97. The molecule has 0 aliphatic carbocycles. The largest absolute Gasteiger partial charge is 0.497 e. The zero-order chi connectivity index (χ0) is 21.2. The minimum atomic E-state index is -0.672. The van der Waals surface area contributed by atoms with Gasteiger partial charge in [-0.05, 0) is 36.2 Å². The van der Waals surface area contributed by atoms with Crippen LogP contribution >= 0.6 is 0 Å². The maximum absolute atomic E-state index is 12.3. The van der Waals surface area contributed by atoms with E-state index in [1.807, 2.05) is 24.3 Å². The lowest BCUT2D eigenvalue weighted by Crippen LogP contribution is -2.30. The molecule has 0 bridgehead atoms. The lowest BCUT2D eigenvalue weighted by molar-refractivity contribution is -0.124. The summed E-state index contributed by atoms with van der Waals surface area (Å²) in [5.74, 6) is 0.721. The normalized spacial score (nSPS) is 10.1. The van der Waals surface area contributed by atoms with E-state index in [9.17, 15) is 9.59 Å². The molecule has 0 atom stereocenters. The van der Waals surface area contributed by atoms with Crippen molar-refractivity contribution in [3.63, 3.8) is 0 Å². The fourth-order valence-corrected chi connectivity index (χ4v) is 2.60. The number of benzene rings is 2. The Morgan fingerprint density at radius 2 is 1.48 bits per heavy atom. The smallest absolute Gasteiger partial charge is 0.338 e. The van der Waals surface area contributed by atoms with Crippen LogP contribution in [-0.4, -0.2) is 53.5 Å². The molecule has 8 nitrogen and oxygen atoms in total. The first-order valence-electron chi connectivity index (χ1n) is 8.89. The van der Waals surface area contributed by atoms with Crippen LogP contribution in [0.3, 0.4) is 0 Å². The number of nitrogens with one attached hydrogen (secondary N) is 1. The van der Waals surface area contributed by atoms with Crippen LogP contribution in [0.1, 0.15) is 15.9 Å². The Morgan fingerprint density at radius 1 is 0.862 bits per heavy atom. The molecule has 0 heterocycles. The number of amides is 1. The fourth-order valence-electron chi connectivity index (χ4n) is 2.60. The SMILES string of the molecule is COc1ccc(CCNC(=O)COC(=O)c2cc(OC)c(OC)c(OC)c2)cc1. The quantitative estimate of drug-likeness (QED) is 0.608. The Bertz CT molecular complexity index is 808. The van der Waals surface area contributed by atoms with Crippen LogP contribution in [0, 0.1) is 0 Å². The van der Waals surface area contributed by atoms with Gasteiger partial charge in [-0.25, -0.2) is 4.79 Å². The summed E-state index contributed by atoms with van der Waals surface area (Å²) in [6.07, 6.45) is 0.649. The molecular weight excluding hydrogens is 378 g/mol. The van der Waals surface area contributed by atoms with E-state index in [-0.39, 0.29) is 11.5 Å². The number of hydrogen-bond acceptors (Lipinski definition) is 7. The van der Waals surface area contributed by atoms with Crippen LogP contribution in [0.4, 0.5) is 0 Å². The molecule has 156 valence electrons. The van der Waals surface area contributed by atoms with E-state index in [1.165, 1.54) is 33.5 Å². The second-order valence-corrected chi connectivity index (χ2v) is 5.94. The van der Waals surface area contributed by atoms with Gasteiger partial charge < -0.3 is 29.0 Å². The van der Waals surface area contributed by atoms with E-state index in [0.29, 0.717) is 30.2 Å². The molecule has 2 aromatic rings. The van der Waals surface area contributed by atoms with Crippen LogP contribution in [0.2, 0.25) is 0 Å². The first-order chi connectivity index (χ1) is 14.0. The van der Waals surface area contributed by atoms with Crippen molar-refractivity contribution in [1.82, 2.24) is 5.32 Å². The number of hydrogen-bond donors (Lipinski definition) is 1. The Hall–Kier alpha value is -3.42. The standard InChI is InChI=1S/C21H25NO7/c1-25-16-7-5-14(6-8-16)9-10-22-19(23)13-29-21(24)15-11-17(26-2)20(28-4)18(12-15)27-3/h5-8,11-12H,9-10,13H2,1-4H3,(H,22,23). The topological polar surface area (TPSA) is 92.3 Å². The molecule has 29 heavy (non-hydrogen) atoms. The molecule has 2 rings (SSSR count). The lowest BCUT2D eigenvalue weighted by Gasteiger charge is -2.13. The Kier molecular flexibility index (Phi) is 8.14. The first kappa shape index (κ1) is 21.9. The summed E-state index contributed by atoms with van der Waals surface area (Å²) in [5, 5.41) is 2.71. The average Bonchev–Trinajstić information content (AvgIpc) is 2.76. The van der Waals surface area contributed by atoms with Gasteiger partial charge in [0.05, 0.1) is 34.0 Å². The lowest BCUT2D eigenvalue weighted by atomic mass is 10.1. The summed E-state index contributed by atoms with van der Waals surface area (Å²) in [4.78, 5) is 24.2. The van der Waals surface area contributed by atoms with Gasteiger partial charge in [-0.1, -0.05) is 12.1 Å². The van der Waals surface area contributed by atoms with Crippen LogP contribution in [0.15, 0.2) is 36.4 Å². The number of methoxy groups -OCH3 is 4. The van der Waals surface area contributed by atoms with E-state index in [4.69, 9.17) is 23.7 Å². The van der Waals surface area contributed by atoms with E-state index in [2.05, 4.69) is 5.32 Å². The second kappa shape index (κ2) is 10.8. The van der Waals surface area contributed by atoms with Crippen LogP contribution < -0.4 is 24.3 Å². The molecule has 8 heteroatoms. The van der Waals surface area contributed by atoms with E-state index in [0.717, 1.165) is 11.3 Å². The predicted molar refractivity (Wildman–Crippen MR) is 106 cm³/mol. The maximum Gasteiger partial charge on any atom is 0.338 e. The highest BCUT2D eigenvalue weighted by atomic mass is 16.5. The Labute approximate surface area is 169 Å². The monoisotopic (exact) mass is 403 g/mol. The molecule has 0 unspecified atom stereocenters. The van der Waals surface area contributed by atoms with Crippen molar-refractivity contribution in [2.45, 2.75) is 6.42 Å². The minimum absolute atomic E-state index is 0.186. The van der Waals surface area contributed by atoms with Crippen molar-refractivity contribution in [2.24, 2.45) is 0 Å². The van der Waals surface area contributed by atoms with Gasteiger partial charge in [-0.15, -0.1) is 0 Å². The predicted octanol–water partition coefficient (Wildman–Crippen LogP) is 2.24. The van der Waals surface area contributed by atoms with E-state index < -0.39 is 12.6 Å². The van der Waals surface area contributed by atoms with Gasteiger partial charge in [-0.3, -0.25) is 4.79 Å². The van der Waals surface area contributed by atoms with Crippen LogP contribution in [0.5, 0.6) is 23.0 Å². The molecule has 0 radical (unpaired) electrons. The molecule has 0 saturated heterocycles. The van der Waals surface area contributed by atoms with Gasteiger partial charge in [-0.2, -0.15) is 0 Å². The van der Waals surface area contributed by atoms with Gasteiger partial charge in [0.25, 0.3) is 5.91 Å². The van der Waals surface area contributed by atoms with E-state index in [1.54, 1.807) is 7.11 Å². The molecule has 2 aromatic carbocycles. The third-order valence-electron chi connectivity index (χ3n) is 4.13. The van der Waals surface area contributed by atoms with E-state index >= 15 is 0 Å². The number of ether oxygens (including phenoxy) is 5. The molecule has 0 aliphatic heterocycles. The molecule has 0 spiro atoms. The molecule has 0 saturated carbocycles. The van der Waals surface area contributed by atoms with Crippen molar-refractivity contribution >= 4 is 11.9 Å². The molecule has 1 amide bonds.